The van der Waals surface area contributed by atoms with Crippen LogP contribution in [0.25, 0.3) is 0 Å². The van der Waals surface area contributed by atoms with Crippen LogP contribution in [-0.4, -0.2) is 67.6 Å². The van der Waals surface area contributed by atoms with Gasteiger partial charge < -0.3 is 25.8 Å². The highest BCUT2D eigenvalue weighted by Crippen LogP contribution is 2.50. The number of hydrogen-bond acceptors (Lipinski definition) is 9. The number of aliphatic hydroxyl groups excluding tert-OH is 3. The number of esters is 1. The Kier molecular flexibility index (Phi) is 2.74. The van der Waals surface area contributed by atoms with E-state index in [1.165, 1.54) is 0 Å². The number of guanidine groups is 1. The van der Waals surface area contributed by atoms with Crippen molar-refractivity contribution in [3.05, 3.63) is 0 Å². The topological polar surface area (TPSA) is 149 Å². The van der Waals surface area contributed by atoms with Crippen LogP contribution in [0.2, 0.25) is 0 Å². The average molecular weight is 287 g/mol. The van der Waals surface area contributed by atoms with Gasteiger partial charge in [-0.2, -0.15) is 0 Å². The molecule has 0 aromatic rings. The van der Waals surface area contributed by atoms with Crippen LogP contribution in [0.15, 0.2) is 4.99 Å². The van der Waals surface area contributed by atoms with Crippen molar-refractivity contribution in [3.8, 4) is 0 Å². The number of aliphatic hydroxyl groups is 3. The van der Waals surface area contributed by atoms with E-state index in [0.29, 0.717) is 11.5 Å². The Balaban J connectivity index is 2.19. The Hall–Kier alpha value is -1.42. The summed E-state index contributed by atoms with van der Waals surface area (Å²) in [6.45, 7) is 1.75. The molecule has 3 aliphatic rings. The van der Waals surface area contributed by atoms with Gasteiger partial charge in [0.2, 0.25) is 5.96 Å². The number of carbonyl (C=O) groups excluding carboxylic acids is 1. The molecule has 9 heteroatoms. The van der Waals surface area contributed by atoms with E-state index in [9.17, 15) is 25.3 Å². The third-order valence-electron chi connectivity index (χ3n) is 4.69. The number of nitrogens with two attached hydrogens (primary N) is 1. The van der Waals surface area contributed by atoms with E-state index in [-0.39, 0.29) is 5.92 Å². The zero-order chi connectivity index (χ0) is 14.8. The Morgan fingerprint density at radius 3 is 2.75 bits per heavy atom. The fraction of sp³-hybridized carbons (Fsp3) is 0.818. The summed E-state index contributed by atoms with van der Waals surface area (Å²) < 4.78 is 5.02. The molecule has 0 radical (unpaired) electrons. The summed E-state index contributed by atoms with van der Waals surface area (Å²) in [5.41, 5.74) is 3.67. The molecular weight excluding hydrogens is 270 g/mol. The zero-order valence-corrected chi connectivity index (χ0v) is 10.7. The fourth-order valence-electron chi connectivity index (χ4n) is 3.69. The van der Waals surface area contributed by atoms with Gasteiger partial charge in [0.25, 0.3) is 0 Å². The highest BCUT2D eigenvalue weighted by molar-refractivity contribution is 5.84. The van der Waals surface area contributed by atoms with Gasteiger partial charge in [-0.25, -0.2) is 14.9 Å². The average Bonchev–Trinajstić information content (AvgIpc) is 2.38. The predicted molar refractivity (Wildman–Crippen MR) is 63.2 cm³/mol. The molecule has 1 aliphatic carbocycles. The third-order valence-corrected chi connectivity index (χ3v) is 4.69. The summed E-state index contributed by atoms with van der Waals surface area (Å²) in [6, 6.07) is 0. The summed E-state index contributed by atoms with van der Waals surface area (Å²) in [5.74, 6) is -2.52. The smallest absolute Gasteiger partial charge is 0.338 e. The molecule has 0 aromatic carbocycles. The molecule has 1 saturated heterocycles. The second-order valence-electron chi connectivity index (χ2n) is 5.67. The van der Waals surface area contributed by atoms with Gasteiger partial charge in [-0.15, -0.1) is 0 Å². The van der Waals surface area contributed by atoms with E-state index < -0.39 is 47.9 Å². The standard InChI is InChI=1S/C11H17N3O6/c1-3-2-4-8(17)13-10(12)14(19)11(4)6(15)5(3)20-9(18)7(11)16/h3-8,15-17,19H,2H2,1H3,(H2,12,13). The first-order chi connectivity index (χ1) is 9.31. The monoisotopic (exact) mass is 287 g/mol. The lowest BCUT2D eigenvalue weighted by Crippen LogP contribution is -2.81. The largest absolute Gasteiger partial charge is 0.457 e. The summed E-state index contributed by atoms with van der Waals surface area (Å²) in [4.78, 5) is 15.5. The van der Waals surface area contributed by atoms with Crippen molar-refractivity contribution >= 4 is 11.9 Å². The number of hydrogen-bond donors (Lipinski definition) is 5. The Bertz CT molecular complexity index is 485. The van der Waals surface area contributed by atoms with Crippen LogP contribution >= 0.6 is 0 Å². The maximum absolute atomic E-state index is 11.8. The third kappa shape index (κ3) is 1.35. The number of rotatable bonds is 0. The first-order valence-corrected chi connectivity index (χ1v) is 6.38. The minimum absolute atomic E-state index is 0.253. The van der Waals surface area contributed by atoms with Gasteiger partial charge in [0.1, 0.15) is 17.7 Å². The summed E-state index contributed by atoms with van der Waals surface area (Å²) >= 11 is 0. The lowest BCUT2D eigenvalue weighted by atomic mass is 9.60. The molecule has 0 aromatic heterocycles. The molecule has 9 nitrogen and oxygen atoms in total. The molecule has 1 spiro atoms. The molecule has 2 fully saturated rings. The van der Waals surface area contributed by atoms with E-state index in [4.69, 9.17) is 10.5 Å². The van der Waals surface area contributed by atoms with Crippen LogP contribution in [0.5, 0.6) is 0 Å². The molecule has 2 heterocycles. The van der Waals surface area contributed by atoms with E-state index in [1.807, 2.05) is 0 Å². The van der Waals surface area contributed by atoms with Crippen molar-refractivity contribution in [1.29, 1.82) is 0 Å². The van der Waals surface area contributed by atoms with Gasteiger partial charge in [0.05, 0.1) is 0 Å². The molecule has 112 valence electrons. The highest BCUT2D eigenvalue weighted by Gasteiger charge is 2.70. The molecule has 2 aliphatic heterocycles. The molecule has 0 amide bonds. The number of fused-ring (bicyclic) bond motifs is 1. The van der Waals surface area contributed by atoms with Crippen LogP contribution in [0.1, 0.15) is 13.3 Å². The Morgan fingerprint density at radius 2 is 2.10 bits per heavy atom. The van der Waals surface area contributed by atoms with Crippen molar-refractivity contribution in [2.24, 2.45) is 22.6 Å². The number of nitrogens with zero attached hydrogens (tertiary/aromatic N) is 2. The second kappa shape index (κ2) is 4.04. The fourth-order valence-corrected chi connectivity index (χ4v) is 3.69. The highest BCUT2D eigenvalue weighted by atomic mass is 16.6. The molecule has 2 bridgehead atoms. The molecule has 7 atom stereocenters. The van der Waals surface area contributed by atoms with Crippen LogP contribution in [-0.2, 0) is 9.53 Å². The minimum atomic E-state index is -1.84. The van der Waals surface area contributed by atoms with Crippen molar-refractivity contribution in [2.75, 3.05) is 0 Å². The first kappa shape index (κ1) is 13.6. The molecule has 1 saturated carbocycles. The number of carbonyl (C=O) groups is 1. The van der Waals surface area contributed by atoms with Crippen LogP contribution in [0, 0.1) is 11.8 Å². The number of aliphatic imine (C=N–C) groups is 1. The van der Waals surface area contributed by atoms with Crippen LogP contribution in [0.3, 0.4) is 0 Å². The normalized spacial score (nSPS) is 51.1. The lowest BCUT2D eigenvalue weighted by Gasteiger charge is -2.60. The maximum Gasteiger partial charge on any atom is 0.338 e. The van der Waals surface area contributed by atoms with Gasteiger partial charge >= 0.3 is 5.97 Å². The van der Waals surface area contributed by atoms with Crippen molar-refractivity contribution in [1.82, 2.24) is 5.06 Å². The summed E-state index contributed by atoms with van der Waals surface area (Å²) in [7, 11) is 0. The lowest BCUT2D eigenvalue weighted by molar-refractivity contribution is -0.301. The molecule has 7 unspecified atom stereocenters. The quantitative estimate of drug-likeness (QED) is 0.304. The van der Waals surface area contributed by atoms with E-state index in [0.717, 1.165) is 0 Å². The van der Waals surface area contributed by atoms with Crippen molar-refractivity contribution in [3.63, 3.8) is 0 Å². The van der Waals surface area contributed by atoms with Gasteiger partial charge in [-0.1, -0.05) is 6.92 Å². The van der Waals surface area contributed by atoms with Crippen LogP contribution < -0.4 is 5.73 Å². The van der Waals surface area contributed by atoms with Crippen molar-refractivity contribution < 1.29 is 30.1 Å². The van der Waals surface area contributed by atoms with E-state index >= 15 is 0 Å². The molecule has 6 N–H and O–H groups in total. The minimum Gasteiger partial charge on any atom is -0.457 e. The summed E-state index contributed by atoms with van der Waals surface area (Å²) in [5, 5.41) is 41.3. The Morgan fingerprint density at radius 1 is 1.45 bits per heavy atom. The maximum atomic E-state index is 11.8. The summed E-state index contributed by atoms with van der Waals surface area (Å²) in [6.07, 6.45) is -5.12. The van der Waals surface area contributed by atoms with Crippen molar-refractivity contribution in [2.45, 2.75) is 43.4 Å². The van der Waals surface area contributed by atoms with Gasteiger partial charge in [0, 0.05) is 5.92 Å². The molecule has 3 rings (SSSR count). The second-order valence-corrected chi connectivity index (χ2v) is 5.67. The zero-order valence-electron chi connectivity index (χ0n) is 10.7. The molecule has 20 heavy (non-hydrogen) atoms. The van der Waals surface area contributed by atoms with Gasteiger partial charge in [0.15, 0.2) is 12.3 Å². The number of ether oxygens (including phenoxy) is 1. The van der Waals surface area contributed by atoms with Gasteiger partial charge in [-0.05, 0) is 12.3 Å². The molecular formula is C11H17N3O6. The van der Waals surface area contributed by atoms with E-state index in [2.05, 4.69) is 4.99 Å². The van der Waals surface area contributed by atoms with Crippen LogP contribution in [0.4, 0.5) is 0 Å². The van der Waals surface area contributed by atoms with E-state index in [1.54, 1.807) is 6.92 Å². The Labute approximate surface area is 114 Å². The number of hydroxylamine groups is 2. The first-order valence-electron chi connectivity index (χ1n) is 6.38. The SMILES string of the molecule is CC1CC2C(O)N=C(N)N(O)C23C(O)C(=O)OC1C3O. The predicted octanol–water partition coefficient (Wildman–Crippen LogP) is -2.63. The van der Waals surface area contributed by atoms with Gasteiger partial charge in [-0.3, -0.25) is 5.21 Å².